The van der Waals surface area contributed by atoms with Crippen molar-refractivity contribution in [2.75, 3.05) is 0 Å². The van der Waals surface area contributed by atoms with Crippen molar-refractivity contribution in [1.82, 2.24) is 9.07 Å². The molecule has 12 heavy (non-hydrogen) atoms. The second-order valence-corrected chi connectivity index (χ2v) is 3.09. The van der Waals surface area contributed by atoms with E-state index in [1.807, 2.05) is 0 Å². The van der Waals surface area contributed by atoms with Gasteiger partial charge >= 0.3 is 5.69 Å². The molecule has 0 unspecified atom stereocenters. The van der Waals surface area contributed by atoms with Crippen molar-refractivity contribution in [3.63, 3.8) is 0 Å². The Labute approximate surface area is 77.6 Å². The summed E-state index contributed by atoms with van der Waals surface area (Å²) in [7, 11) is 0. The molecule has 0 aliphatic heterocycles. The lowest BCUT2D eigenvalue weighted by Crippen LogP contribution is -2.07. The smallest absolute Gasteiger partial charge is 0.304 e. The largest absolute Gasteiger partial charge is 0.341 e. The van der Waals surface area contributed by atoms with Crippen LogP contribution in [0.2, 0.25) is 5.02 Å². The first-order valence-corrected chi connectivity index (χ1v) is 3.97. The van der Waals surface area contributed by atoms with Crippen LogP contribution < -0.4 is 5.69 Å². The molecule has 1 N–H and O–H groups in total. The summed E-state index contributed by atoms with van der Waals surface area (Å²) in [6.45, 7) is 0. The van der Waals surface area contributed by atoms with Gasteiger partial charge in [-0.3, -0.25) is 0 Å². The van der Waals surface area contributed by atoms with Crippen LogP contribution in [0, 0.1) is 0 Å². The number of halogens is 2. The van der Waals surface area contributed by atoms with Gasteiger partial charge in [0.2, 0.25) is 0 Å². The van der Waals surface area contributed by atoms with E-state index in [9.17, 15) is 4.79 Å². The van der Waals surface area contributed by atoms with Gasteiger partial charge in [-0.15, -0.1) is 0 Å². The molecule has 0 saturated carbocycles. The summed E-state index contributed by atoms with van der Waals surface area (Å²) >= 11 is 11.4. The molecule has 0 aliphatic rings. The number of hydrogen-bond acceptors (Lipinski definition) is 1. The topological polar surface area (TPSA) is 37.8 Å². The average Bonchev–Trinajstić information content (AvgIpc) is 2.29. The number of rotatable bonds is 0. The van der Waals surface area contributed by atoms with Gasteiger partial charge in [-0.2, -0.15) is 4.09 Å². The summed E-state index contributed by atoms with van der Waals surface area (Å²) in [4.78, 5) is 13.6. The van der Waals surface area contributed by atoms with Gasteiger partial charge in [0.25, 0.3) is 0 Å². The number of para-hydroxylation sites is 1. The molecule has 0 radical (unpaired) electrons. The van der Waals surface area contributed by atoms with E-state index in [4.69, 9.17) is 23.4 Å². The van der Waals surface area contributed by atoms with Crippen LogP contribution >= 0.6 is 23.4 Å². The van der Waals surface area contributed by atoms with Gasteiger partial charge in [-0.25, -0.2) is 4.79 Å². The molecule has 1 aromatic heterocycles. The number of hydrogen-bond donors (Lipinski definition) is 1. The van der Waals surface area contributed by atoms with Crippen LogP contribution in [0.5, 0.6) is 0 Å². The molecule has 0 atom stereocenters. The predicted octanol–water partition coefficient (Wildman–Crippen LogP) is 1.98. The number of H-pyrrole nitrogens is 1. The standard InChI is InChI=1S/C7H4Cl2N2O/c8-4-2-1-3-5-6(4)11(9)7(12)10-5/h1-3H,(H,10,12). The Hall–Kier alpha value is -0.930. The molecular weight excluding hydrogens is 199 g/mol. The zero-order valence-electron chi connectivity index (χ0n) is 5.84. The Morgan fingerprint density at radius 3 is 2.83 bits per heavy atom. The Bertz CT molecular complexity index is 486. The van der Waals surface area contributed by atoms with E-state index < -0.39 is 0 Å². The summed E-state index contributed by atoms with van der Waals surface area (Å²) in [5.74, 6) is 0. The highest BCUT2D eigenvalue weighted by Gasteiger charge is 2.06. The van der Waals surface area contributed by atoms with E-state index in [0.29, 0.717) is 16.1 Å². The number of aromatic amines is 1. The maximum absolute atomic E-state index is 11.0. The maximum atomic E-state index is 11.0. The highest BCUT2D eigenvalue weighted by molar-refractivity contribution is 6.36. The van der Waals surface area contributed by atoms with Crippen molar-refractivity contribution in [3.8, 4) is 0 Å². The van der Waals surface area contributed by atoms with Gasteiger partial charge in [0.15, 0.2) is 0 Å². The fraction of sp³-hybridized carbons (Fsp3) is 0. The normalized spacial score (nSPS) is 10.8. The molecule has 1 aromatic carbocycles. The first kappa shape index (κ1) is 7.71. The van der Waals surface area contributed by atoms with Crippen molar-refractivity contribution in [2.24, 2.45) is 0 Å². The van der Waals surface area contributed by atoms with Crippen molar-refractivity contribution >= 4 is 34.4 Å². The predicted molar refractivity (Wildman–Crippen MR) is 48.8 cm³/mol. The Morgan fingerprint density at radius 1 is 1.42 bits per heavy atom. The van der Waals surface area contributed by atoms with E-state index in [1.165, 1.54) is 0 Å². The van der Waals surface area contributed by atoms with E-state index in [1.54, 1.807) is 18.2 Å². The third kappa shape index (κ3) is 0.940. The zero-order chi connectivity index (χ0) is 8.72. The number of nitrogens with zero attached hydrogens (tertiary/aromatic N) is 1. The highest BCUT2D eigenvalue weighted by atomic mass is 35.5. The number of imidazole rings is 1. The molecule has 0 spiro atoms. The highest BCUT2D eigenvalue weighted by Crippen LogP contribution is 2.20. The average molecular weight is 203 g/mol. The second-order valence-electron chi connectivity index (χ2n) is 2.35. The van der Waals surface area contributed by atoms with Crippen LogP contribution in [0.15, 0.2) is 23.0 Å². The first-order chi connectivity index (χ1) is 5.70. The molecule has 0 fully saturated rings. The second kappa shape index (κ2) is 2.54. The van der Waals surface area contributed by atoms with Gasteiger partial charge in [0.05, 0.1) is 10.5 Å². The van der Waals surface area contributed by atoms with Crippen molar-refractivity contribution < 1.29 is 0 Å². The lowest BCUT2D eigenvalue weighted by Gasteiger charge is -1.92. The van der Waals surface area contributed by atoms with Crippen LogP contribution in [-0.2, 0) is 0 Å². The van der Waals surface area contributed by atoms with Crippen LogP contribution in [-0.4, -0.2) is 9.07 Å². The molecule has 5 heteroatoms. The van der Waals surface area contributed by atoms with Gasteiger partial charge in [0, 0.05) is 11.8 Å². The number of nitrogens with one attached hydrogen (secondary N) is 1. The fourth-order valence-electron chi connectivity index (χ4n) is 1.08. The summed E-state index contributed by atoms with van der Waals surface area (Å²) in [6.07, 6.45) is 0. The quantitative estimate of drug-likeness (QED) is 0.698. The Kier molecular flexibility index (Phi) is 1.63. The summed E-state index contributed by atoms with van der Waals surface area (Å²) in [5.41, 5.74) is 0.785. The van der Waals surface area contributed by atoms with E-state index in [0.717, 1.165) is 4.09 Å². The van der Waals surface area contributed by atoms with Crippen molar-refractivity contribution in [3.05, 3.63) is 33.7 Å². The van der Waals surface area contributed by atoms with Crippen molar-refractivity contribution in [1.29, 1.82) is 0 Å². The molecule has 2 aromatic rings. The lowest BCUT2D eigenvalue weighted by atomic mass is 10.3. The number of fused-ring (bicyclic) bond motifs is 1. The zero-order valence-corrected chi connectivity index (χ0v) is 7.36. The van der Waals surface area contributed by atoms with Gasteiger partial charge in [0.1, 0.15) is 5.52 Å². The minimum absolute atomic E-state index is 0.375. The third-order valence-corrected chi connectivity index (χ3v) is 2.23. The maximum Gasteiger partial charge on any atom is 0.341 e. The van der Waals surface area contributed by atoms with Gasteiger partial charge in [-0.1, -0.05) is 17.7 Å². The number of benzene rings is 1. The summed E-state index contributed by atoms with van der Waals surface area (Å²) < 4.78 is 0.970. The van der Waals surface area contributed by atoms with Crippen LogP contribution in [0.25, 0.3) is 11.0 Å². The fourth-order valence-corrected chi connectivity index (χ4v) is 1.61. The molecule has 0 aliphatic carbocycles. The third-order valence-electron chi connectivity index (χ3n) is 1.60. The minimum Gasteiger partial charge on any atom is -0.304 e. The molecule has 0 saturated heterocycles. The molecule has 2 rings (SSSR count). The van der Waals surface area contributed by atoms with Crippen LogP contribution in [0.3, 0.4) is 0 Å². The SMILES string of the molecule is O=c1[nH]c2cccc(Cl)c2n1Cl. The minimum atomic E-state index is -0.375. The monoisotopic (exact) mass is 202 g/mol. The molecule has 0 amide bonds. The Morgan fingerprint density at radius 2 is 2.17 bits per heavy atom. The molecular formula is C7H4Cl2N2O. The summed E-state index contributed by atoms with van der Waals surface area (Å²) in [5, 5.41) is 0.459. The van der Waals surface area contributed by atoms with Gasteiger partial charge < -0.3 is 4.98 Å². The van der Waals surface area contributed by atoms with E-state index in [-0.39, 0.29) is 5.69 Å². The van der Waals surface area contributed by atoms with Crippen molar-refractivity contribution in [2.45, 2.75) is 0 Å². The Balaban J connectivity index is 3.07. The van der Waals surface area contributed by atoms with Crippen LogP contribution in [0.4, 0.5) is 0 Å². The van der Waals surface area contributed by atoms with Crippen LogP contribution in [0.1, 0.15) is 0 Å². The molecule has 0 bridgehead atoms. The molecule has 1 heterocycles. The first-order valence-electron chi connectivity index (χ1n) is 3.25. The number of aromatic nitrogens is 2. The summed E-state index contributed by atoms with van der Waals surface area (Å²) in [6, 6.07) is 5.16. The van der Waals surface area contributed by atoms with Gasteiger partial charge in [-0.05, 0) is 12.1 Å². The molecule has 3 nitrogen and oxygen atoms in total. The van der Waals surface area contributed by atoms with E-state index in [2.05, 4.69) is 4.98 Å². The molecule has 62 valence electrons. The lowest BCUT2D eigenvalue weighted by molar-refractivity contribution is 1.14. The van der Waals surface area contributed by atoms with E-state index >= 15 is 0 Å².